The fourth-order valence-corrected chi connectivity index (χ4v) is 1.59. The quantitative estimate of drug-likeness (QED) is 0.517. The van der Waals surface area contributed by atoms with E-state index in [1.165, 1.54) is 12.1 Å². The van der Waals surface area contributed by atoms with Gasteiger partial charge in [0.05, 0.1) is 22.1 Å². The number of halogens is 5. The lowest BCUT2D eigenvalue weighted by atomic mass is 10.2. The third-order valence-electron chi connectivity index (χ3n) is 1.78. The van der Waals surface area contributed by atoms with Gasteiger partial charge in [-0.15, -0.1) is 3.89 Å². The molecule has 0 saturated heterocycles. The zero-order chi connectivity index (χ0) is 13.8. The van der Waals surface area contributed by atoms with Crippen molar-refractivity contribution in [2.24, 2.45) is 10.1 Å². The molecule has 0 amide bonds. The maximum atomic E-state index is 12.4. The number of hydrogen-bond donors (Lipinski definition) is 1. The van der Waals surface area contributed by atoms with Crippen LogP contribution < -0.4 is 5.73 Å². The summed E-state index contributed by atoms with van der Waals surface area (Å²) in [6.07, 6.45) is -3.52. The van der Waals surface area contributed by atoms with Crippen LogP contribution in [0.1, 0.15) is 11.4 Å². The minimum Gasteiger partial charge on any atom is -0.396 e. The number of aromatic nitrogens is 1. The minimum atomic E-state index is -4.55. The third-order valence-corrected chi connectivity index (χ3v) is 2.60. The Morgan fingerprint density at radius 3 is 2.67 bits per heavy atom. The number of alkyl halides is 3. The van der Waals surface area contributed by atoms with Gasteiger partial charge in [-0.2, -0.15) is 17.6 Å². The van der Waals surface area contributed by atoms with E-state index >= 15 is 0 Å². The maximum Gasteiger partial charge on any atom is 0.433 e. The Labute approximate surface area is 113 Å². The predicted octanol–water partition coefficient (Wildman–Crippen LogP) is 3.73. The van der Waals surface area contributed by atoms with Crippen LogP contribution in [0.25, 0.3) is 5.70 Å². The van der Waals surface area contributed by atoms with E-state index in [-0.39, 0.29) is 28.2 Å². The average Bonchev–Trinajstić information content (AvgIpc) is 2.34. The Morgan fingerprint density at radius 2 is 2.11 bits per heavy atom. The first kappa shape index (κ1) is 15.0. The van der Waals surface area contributed by atoms with Crippen LogP contribution in [0.3, 0.4) is 0 Å². The van der Waals surface area contributed by atoms with Crippen molar-refractivity contribution in [1.29, 1.82) is 0 Å². The van der Waals surface area contributed by atoms with Crippen molar-refractivity contribution in [3.8, 4) is 0 Å². The lowest BCUT2D eigenvalue weighted by Crippen LogP contribution is -2.11. The SMILES string of the molecule is NC(=C(Br)C=NSF)c1cccc(C(F)(F)F)n1. The summed E-state index contributed by atoms with van der Waals surface area (Å²) in [5, 5.41) is 0. The summed E-state index contributed by atoms with van der Waals surface area (Å²) in [4.78, 5) is 3.37. The fourth-order valence-electron chi connectivity index (χ4n) is 1.00. The molecule has 3 nitrogen and oxygen atoms in total. The van der Waals surface area contributed by atoms with Crippen molar-refractivity contribution in [2.45, 2.75) is 6.18 Å². The van der Waals surface area contributed by atoms with E-state index in [1.807, 2.05) is 0 Å². The van der Waals surface area contributed by atoms with Crippen LogP contribution in [0.5, 0.6) is 0 Å². The van der Waals surface area contributed by atoms with Crippen molar-refractivity contribution < 1.29 is 17.1 Å². The van der Waals surface area contributed by atoms with Crippen molar-refractivity contribution >= 4 is 40.2 Å². The molecule has 0 fully saturated rings. The summed E-state index contributed by atoms with van der Waals surface area (Å²) < 4.78 is 52.3. The Balaban J connectivity index is 3.15. The van der Waals surface area contributed by atoms with Crippen molar-refractivity contribution in [2.75, 3.05) is 0 Å². The van der Waals surface area contributed by atoms with Crippen molar-refractivity contribution in [1.82, 2.24) is 4.98 Å². The topological polar surface area (TPSA) is 51.3 Å². The molecule has 98 valence electrons. The Kier molecular flexibility index (Phi) is 5.15. The molecule has 1 rings (SSSR count). The highest BCUT2D eigenvalue weighted by atomic mass is 79.9. The Hall–Kier alpha value is -1.09. The summed E-state index contributed by atoms with van der Waals surface area (Å²) in [5.41, 5.74) is 4.37. The molecule has 0 radical (unpaired) electrons. The summed E-state index contributed by atoms with van der Waals surface area (Å²) in [7, 11) is 0. The van der Waals surface area contributed by atoms with Crippen LogP contribution in [0.2, 0.25) is 0 Å². The zero-order valence-corrected chi connectivity index (χ0v) is 11.0. The van der Waals surface area contributed by atoms with Gasteiger partial charge in [-0.3, -0.25) is 0 Å². The molecule has 0 bridgehead atoms. The van der Waals surface area contributed by atoms with Gasteiger partial charge in [0.1, 0.15) is 5.69 Å². The highest BCUT2D eigenvalue weighted by Gasteiger charge is 2.32. The van der Waals surface area contributed by atoms with Crippen molar-refractivity contribution in [3.05, 3.63) is 34.1 Å². The van der Waals surface area contributed by atoms with E-state index in [2.05, 4.69) is 25.3 Å². The zero-order valence-electron chi connectivity index (χ0n) is 8.58. The normalized spacial score (nSPS) is 13.8. The van der Waals surface area contributed by atoms with Crippen LogP contribution in [0, 0.1) is 0 Å². The van der Waals surface area contributed by atoms with Crippen LogP contribution in [0.15, 0.2) is 27.1 Å². The summed E-state index contributed by atoms with van der Waals surface area (Å²) in [6, 6.07) is 3.32. The van der Waals surface area contributed by atoms with Gasteiger partial charge in [-0.05, 0) is 28.1 Å². The van der Waals surface area contributed by atoms with Gasteiger partial charge in [0.2, 0.25) is 0 Å². The molecule has 9 heteroatoms. The van der Waals surface area contributed by atoms with Crippen LogP contribution in [-0.2, 0) is 6.18 Å². The highest BCUT2D eigenvalue weighted by Crippen LogP contribution is 2.28. The Morgan fingerprint density at radius 1 is 1.44 bits per heavy atom. The molecule has 0 saturated carbocycles. The number of pyridine rings is 1. The molecule has 0 aliphatic rings. The number of nitrogens with zero attached hydrogens (tertiary/aromatic N) is 2. The number of nitrogens with two attached hydrogens (primary N) is 1. The van der Waals surface area contributed by atoms with E-state index in [4.69, 9.17) is 5.73 Å². The van der Waals surface area contributed by atoms with E-state index in [9.17, 15) is 17.1 Å². The van der Waals surface area contributed by atoms with Gasteiger partial charge in [-0.25, -0.2) is 4.98 Å². The number of allylic oxidation sites excluding steroid dienone is 1. The number of hydrogen-bond acceptors (Lipinski definition) is 4. The first-order valence-corrected chi connectivity index (χ1v) is 5.84. The summed E-state index contributed by atoms with van der Waals surface area (Å²) >= 11 is 2.66. The molecule has 1 aromatic heterocycles. The monoisotopic (exact) mass is 343 g/mol. The van der Waals surface area contributed by atoms with Crippen LogP contribution in [-0.4, -0.2) is 11.2 Å². The molecular formula is C9H6BrF4N3S. The van der Waals surface area contributed by atoms with Gasteiger partial charge in [-0.1, -0.05) is 6.07 Å². The second-order valence-corrected chi connectivity index (χ2v) is 4.17. The lowest BCUT2D eigenvalue weighted by Gasteiger charge is -2.08. The smallest absolute Gasteiger partial charge is 0.396 e. The van der Waals surface area contributed by atoms with E-state index in [1.54, 1.807) is 0 Å². The first-order valence-electron chi connectivity index (χ1n) is 4.37. The van der Waals surface area contributed by atoms with E-state index < -0.39 is 11.9 Å². The predicted molar refractivity (Wildman–Crippen MR) is 66.5 cm³/mol. The Bertz CT molecular complexity index is 487. The largest absolute Gasteiger partial charge is 0.433 e. The van der Waals surface area contributed by atoms with Crippen molar-refractivity contribution in [3.63, 3.8) is 0 Å². The lowest BCUT2D eigenvalue weighted by molar-refractivity contribution is -0.141. The molecule has 0 spiro atoms. The molecular weight excluding hydrogens is 338 g/mol. The maximum absolute atomic E-state index is 12.4. The molecule has 0 aliphatic carbocycles. The molecule has 0 unspecified atom stereocenters. The molecule has 0 atom stereocenters. The van der Waals surface area contributed by atoms with E-state index in [0.717, 1.165) is 12.3 Å². The molecule has 0 aliphatic heterocycles. The fraction of sp³-hybridized carbons (Fsp3) is 0.111. The summed E-state index contributed by atoms with van der Waals surface area (Å²) in [5.74, 6) is 0. The van der Waals surface area contributed by atoms with Gasteiger partial charge in [0.25, 0.3) is 0 Å². The van der Waals surface area contributed by atoms with E-state index in [0.29, 0.717) is 0 Å². The second kappa shape index (κ2) is 6.19. The summed E-state index contributed by atoms with van der Waals surface area (Å²) in [6.45, 7) is 0. The molecule has 2 N–H and O–H groups in total. The van der Waals surface area contributed by atoms with Crippen LogP contribution >= 0.6 is 28.3 Å². The molecule has 0 aromatic carbocycles. The van der Waals surface area contributed by atoms with Crippen LogP contribution in [0.4, 0.5) is 17.1 Å². The average molecular weight is 344 g/mol. The third kappa shape index (κ3) is 3.98. The standard InChI is InChI=1S/C9H6BrF4N3S/c10-5(4-16-18-14)8(15)6-2-1-3-7(17-6)9(11,12)13/h1-4H,15H2. The molecule has 1 aromatic rings. The second-order valence-electron chi connectivity index (χ2n) is 2.97. The number of rotatable bonds is 3. The minimum absolute atomic E-state index is 0.0705. The molecule has 18 heavy (non-hydrogen) atoms. The van der Waals surface area contributed by atoms with Gasteiger partial charge >= 0.3 is 6.18 Å². The first-order chi connectivity index (χ1) is 8.36. The van der Waals surface area contributed by atoms with Gasteiger partial charge < -0.3 is 5.73 Å². The highest BCUT2D eigenvalue weighted by molar-refractivity contribution is 9.12. The van der Waals surface area contributed by atoms with Gasteiger partial charge in [0.15, 0.2) is 12.3 Å². The van der Waals surface area contributed by atoms with Gasteiger partial charge in [0, 0.05) is 0 Å². The molecule has 1 heterocycles.